The van der Waals surface area contributed by atoms with E-state index in [1.165, 1.54) is 0 Å². The summed E-state index contributed by atoms with van der Waals surface area (Å²) < 4.78 is 5.44. The Bertz CT molecular complexity index is 219. The fourth-order valence-electron chi connectivity index (χ4n) is 1.67. The molecule has 0 aromatic carbocycles. The summed E-state index contributed by atoms with van der Waals surface area (Å²) in [6, 6.07) is 0. The molecule has 0 radical (unpaired) electrons. The summed E-state index contributed by atoms with van der Waals surface area (Å²) in [6.45, 7) is 6.61. The van der Waals surface area contributed by atoms with Crippen molar-refractivity contribution in [3.05, 3.63) is 0 Å². The molecule has 1 saturated heterocycles. The molecule has 1 aliphatic rings. The second-order valence-corrected chi connectivity index (χ2v) is 3.77. The number of aliphatic imine (C=N–C) groups is 1. The maximum absolute atomic E-state index is 5.44. The summed E-state index contributed by atoms with van der Waals surface area (Å²) in [5.74, 6) is 6.16. The van der Waals surface area contributed by atoms with E-state index in [0.717, 1.165) is 32.0 Å². The van der Waals surface area contributed by atoms with Gasteiger partial charge < -0.3 is 9.64 Å². The van der Waals surface area contributed by atoms with Gasteiger partial charge in [-0.25, -0.2) is 5.84 Å². The normalized spacial score (nSPS) is 28.3. The van der Waals surface area contributed by atoms with Gasteiger partial charge in [-0.05, 0) is 20.3 Å². The summed E-state index contributed by atoms with van der Waals surface area (Å²) in [7, 11) is 1.75. The molecule has 14 heavy (non-hydrogen) atoms. The minimum atomic E-state index is -0.0641. The largest absolute Gasteiger partial charge is 0.377 e. The van der Waals surface area contributed by atoms with Crippen molar-refractivity contribution < 1.29 is 4.74 Å². The van der Waals surface area contributed by atoms with Crippen molar-refractivity contribution in [2.45, 2.75) is 25.9 Å². The molecule has 0 saturated carbocycles. The highest BCUT2D eigenvalue weighted by atomic mass is 16.5. The Hall–Kier alpha value is -0.810. The van der Waals surface area contributed by atoms with Gasteiger partial charge in [-0.2, -0.15) is 0 Å². The third-order valence-electron chi connectivity index (χ3n) is 2.67. The van der Waals surface area contributed by atoms with Gasteiger partial charge in [0, 0.05) is 26.7 Å². The molecular formula is C9H20N4O. The molecule has 0 spiro atoms. The predicted octanol–water partition coefficient (Wildman–Crippen LogP) is -0.0636. The van der Waals surface area contributed by atoms with Gasteiger partial charge in [-0.15, -0.1) is 0 Å². The molecule has 82 valence electrons. The highest BCUT2D eigenvalue weighted by molar-refractivity contribution is 5.79. The number of nitrogens with two attached hydrogens (primary N) is 1. The lowest BCUT2D eigenvalue weighted by Gasteiger charge is -2.24. The molecule has 1 fully saturated rings. The third kappa shape index (κ3) is 2.36. The summed E-state index contributed by atoms with van der Waals surface area (Å²) in [6.07, 6.45) is 1.01. The lowest BCUT2D eigenvalue weighted by Crippen LogP contribution is -2.45. The number of likely N-dealkylation sites (tertiary alicyclic amines) is 1. The first-order chi connectivity index (χ1) is 6.65. The molecule has 5 nitrogen and oxygen atoms in total. The quantitative estimate of drug-likeness (QED) is 0.284. The predicted molar refractivity (Wildman–Crippen MR) is 56.9 cm³/mol. The van der Waals surface area contributed by atoms with Crippen molar-refractivity contribution in [3.8, 4) is 0 Å². The molecular weight excluding hydrogens is 180 g/mol. The topological polar surface area (TPSA) is 62.9 Å². The molecule has 1 rings (SSSR count). The first-order valence-corrected chi connectivity index (χ1v) is 4.96. The van der Waals surface area contributed by atoms with E-state index >= 15 is 0 Å². The van der Waals surface area contributed by atoms with E-state index in [4.69, 9.17) is 10.6 Å². The van der Waals surface area contributed by atoms with Gasteiger partial charge in [0.05, 0.1) is 5.60 Å². The van der Waals surface area contributed by atoms with Crippen LogP contribution in [0, 0.1) is 0 Å². The minimum Gasteiger partial charge on any atom is -0.377 e. The Morgan fingerprint density at radius 3 is 2.86 bits per heavy atom. The average Bonchev–Trinajstić information content (AvgIpc) is 2.58. The lowest BCUT2D eigenvalue weighted by molar-refractivity contribution is 0.0190. The van der Waals surface area contributed by atoms with Crippen LogP contribution in [0.25, 0.3) is 0 Å². The fourth-order valence-corrected chi connectivity index (χ4v) is 1.67. The molecule has 0 aromatic heterocycles. The Labute approximate surface area is 85.3 Å². The van der Waals surface area contributed by atoms with Gasteiger partial charge in [0.25, 0.3) is 0 Å². The van der Waals surface area contributed by atoms with Crippen molar-refractivity contribution in [2.75, 3.05) is 26.7 Å². The number of hydrogen-bond donors (Lipinski definition) is 2. The number of hydrogen-bond acceptors (Lipinski definition) is 3. The van der Waals surface area contributed by atoms with E-state index in [1.807, 2.05) is 6.92 Å². The van der Waals surface area contributed by atoms with Gasteiger partial charge in [-0.1, -0.05) is 0 Å². The van der Waals surface area contributed by atoms with Crippen LogP contribution in [0.5, 0.6) is 0 Å². The van der Waals surface area contributed by atoms with Crippen LogP contribution in [0.2, 0.25) is 0 Å². The number of nitrogens with one attached hydrogen (secondary N) is 1. The molecule has 1 heterocycles. The van der Waals surface area contributed by atoms with Crippen molar-refractivity contribution in [2.24, 2.45) is 10.8 Å². The molecule has 0 aromatic rings. The van der Waals surface area contributed by atoms with Crippen molar-refractivity contribution in [1.82, 2.24) is 10.3 Å². The van der Waals surface area contributed by atoms with Gasteiger partial charge in [0.15, 0.2) is 0 Å². The zero-order valence-electron chi connectivity index (χ0n) is 9.21. The highest BCUT2D eigenvalue weighted by Gasteiger charge is 2.34. The Morgan fingerprint density at radius 1 is 1.71 bits per heavy atom. The highest BCUT2D eigenvalue weighted by Crippen LogP contribution is 2.23. The van der Waals surface area contributed by atoms with Crippen molar-refractivity contribution >= 4 is 5.96 Å². The lowest BCUT2D eigenvalue weighted by atomic mass is 10.1. The number of ether oxygens (including phenoxy) is 1. The Kier molecular flexibility index (Phi) is 3.71. The fraction of sp³-hybridized carbons (Fsp3) is 0.889. The second kappa shape index (κ2) is 4.61. The van der Waals surface area contributed by atoms with E-state index in [0.29, 0.717) is 0 Å². The molecule has 0 amide bonds. The van der Waals surface area contributed by atoms with E-state index in [1.54, 1.807) is 7.11 Å². The van der Waals surface area contributed by atoms with Crippen LogP contribution in [-0.4, -0.2) is 43.2 Å². The summed E-state index contributed by atoms with van der Waals surface area (Å²) in [4.78, 5) is 6.39. The molecule has 1 aliphatic heterocycles. The zero-order valence-corrected chi connectivity index (χ0v) is 9.21. The van der Waals surface area contributed by atoms with Crippen LogP contribution >= 0.6 is 0 Å². The van der Waals surface area contributed by atoms with E-state index in [9.17, 15) is 0 Å². The van der Waals surface area contributed by atoms with Crippen molar-refractivity contribution in [3.63, 3.8) is 0 Å². The molecule has 0 bridgehead atoms. The van der Waals surface area contributed by atoms with Crippen molar-refractivity contribution in [1.29, 1.82) is 0 Å². The SMILES string of the molecule is CCN=C(NN)N1CCC(C)(OC)C1. The molecule has 1 atom stereocenters. The summed E-state index contributed by atoms with van der Waals surface area (Å²) >= 11 is 0. The summed E-state index contributed by atoms with van der Waals surface area (Å²) in [5, 5.41) is 0. The Balaban J connectivity index is 2.60. The Morgan fingerprint density at radius 2 is 2.43 bits per heavy atom. The second-order valence-electron chi connectivity index (χ2n) is 3.77. The first kappa shape index (κ1) is 11.3. The third-order valence-corrected chi connectivity index (χ3v) is 2.67. The zero-order chi connectivity index (χ0) is 10.6. The van der Waals surface area contributed by atoms with Gasteiger partial charge in [-0.3, -0.25) is 10.4 Å². The van der Waals surface area contributed by atoms with Crippen LogP contribution < -0.4 is 11.3 Å². The van der Waals surface area contributed by atoms with Crippen LogP contribution in [0.15, 0.2) is 4.99 Å². The van der Waals surface area contributed by atoms with Crippen LogP contribution in [0.1, 0.15) is 20.3 Å². The smallest absolute Gasteiger partial charge is 0.208 e. The van der Waals surface area contributed by atoms with Gasteiger partial charge in [0.2, 0.25) is 5.96 Å². The monoisotopic (exact) mass is 200 g/mol. The average molecular weight is 200 g/mol. The first-order valence-electron chi connectivity index (χ1n) is 4.96. The van der Waals surface area contributed by atoms with Gasteiger partial charge in [0.1, 0.15) is 0 Å². The van der Waals surface area contributed by atoms with Gasteiger partial charge >= 0.3 is 0 Å². The maximum atomic E-state index is 5.44. The summed E-state index contributed by atoms with van der Waals surface area (Å²) in [5.41, 5.74) is 2.56. The molecule has 3 N–H and O–H groups in total. The molecule has 5 heteroatoms. The number of hydrazine groups is 1. The molecule has 0 aliphatic carbocycles. The minimum absolute atomic E-state index is 0.0641. The van der Waals surface area contributed by atoms with E-state index in [2.05, 4.69) is 22.2 Å². The van der Waals surface area contributed by atoms with E-state index < -0.39 is 0 Å². The number of rotatable bonds is 2. The number of nitrogens with zero attached hydrogens (tertiary/aromatic N) is 2. The molecule has 1 unspecified atom stereocenters. The number of methoxy groups -OCH3 is 1. The van der Waals surface area contributed by atoms with Crippen LogP contribution in [0.4, 0.5) is 0 Å². The van der Waals surface area contributed by atoms with E-state index in [-0.39, 0.29) is 5.60 Å². The van der Waals surface area contributed by atoms with Crippen LogP contribution in [-0.2, 0) is 4.74 Å². The van der Waals surface area contributed by atoms with Crippen LogP contribution in [0.3, 0.4) is 0 Å². The maximum Gasteiger partial charge on any atom is 0.208 e. The number of guanidine groups is 1. The standard InChI is InChI=1S/C9H20N4O/c1-4-11-8(12-10)13-6-5-9(2,7-13)14-3/h4-7,10H2,1-3H3,(H,11,12).